The van der Waals surface area contributed by atoms with Gasteiger partial charge >= 0.3 is 0 Å². The number of aromatic nitrogens is 2. The molecule has 1 aromatic heterocycles. The lowest BCUT2D eigenvalue weighted by atomic mass is 10.1. The van der Waals surface area contributed by atoms with Crippen molar-refractivity contribution in [1.29, 1.82) is 0 Å². The Hall–Kier alpha value is -3.65. The van der Waals surface area contributed by atoms with Gasteiger partial charge < -0.3 is 15.3 Å². The first-order valence-electron chi connectivity index (χ1n) is 13.9. The number of phenolic OH excluding ortho intramolecular Hbond substituents is 1. The van der Waals surface area contributed by atoms with Crippen LogP contribution in [0.1, 0.15) is 57.9 Å². The highest BCUT2D eigenvalue weighted by Gasteiger charge is 2.11. The average Bonchev–Trinajstić information content (AvgIpc) is 2.91. The van der Waals surface area contributed by atoms with Crippen LogP contribution in [0, 0.1) is 0 Å². The molecule has 3 rings (SSSR count). The van der Waals surface area contributed by atoms with Crippen molar-refractivity contribution in [3.63, 3.8) is 0 Å². The van der Waals surface area contributed by atoms with Crippen molar-refractivity contribution in [2.45, 2.75) is 65.5 Å². The molecule has 0 saturated heterocycles. The number of aromatic hydroxyl groups is 1. The van der Waals surface area contributed by atoms with Crippen molar-refractivity contribution >= 4 is 17.3 Å². The van der Waals surface area contributed by atoms with Gasteiger partial charge in [-0.1, -0.05) is 50.8 Å². The quantitative estimate of drug-likeness (QED) is 0.198. The first-order chi connectivity index (χ1) is 18.8. The third-order valence-electron chi connectivity index (χ3n) is 6.87. The molecule has 0 aliphatic heterocycles. The monoisotopic (exact) mass is 533 g/mol. The number of aryl methyl sites for hydroxylation is 1. The molecular formula is C31H43N5O3. The molecule has 0 spiro atoms. The summed E-state index contributed by atoms with van der Waals surface area (Å²) in [5.41, 5.74) is 4.02. The number of nitrogens with zero attached hydrogens (tertiary/aromatic N) is 4. The number of benzene rings is 2. The number of hydrogen-bond acceptors (Lipinski definition) is 6. The van der Waals surface area contributed by atoms with E-state index in [9.17, 15) is 14.7 Å². The average molecular weight is 534 g/mol. The molecule has 2 aromatic carbocycles. The molecule has 0 radical (unpaired) electrons. The van der Waals surface area contributed by atoms with Gasteiger partial charge in [0.15, 0.2) is 0 Å². The zero-order chi connectivity index (χ0) is 28.2. The van der Waals surface area contributed by atoms with Gasteiger partial charge in [-0.3, -0.25) is 14.5 Å². The third kappa shape index (κ3) is 9.25. The number of carbonyl (C=O) groups is 1. The second-order valence-corrected chi connectivity index (χ2v) is 10.2. The maximum Gasteiger partial charge on any atom is 0.266 e. The highest BCUT2D eigenvalue weighted by atomic mass is 16.3. The highest BCUT2D eigenvalue weighted by Crippen LogP contribution is 2.30. The van der Waals surface area contributed by atoms with Crippen molar-refractivity contribution in [2.24, 2.45) is 0 Å². The van der Waals surface area contributed by atoms with Crippen molar-refractivity contribution in [3.05, 3.63) is 70.5 Å². The first-order valence-corrected chi connectivity index (χ1v) is 13.9. The number of anilines is 2. The molecule has 0 aliphatic carbocycles. The Morgan fingerprint density at radius 3 is 2.41 bits per heavy atom. The first kappa shape index (κ1) is 29.9. The molecule has 2 N–H and O–H groups in total. The number of hydrogen-bond donors (Lipinski definition) is 2. The van der Waals surface area contributed by atoms with E-state index in [1.807, 2.05) is 0 Å². The molecule has 8 nitrogen and oxygen atoms in total. The Morgan fingerprint density at radius 2 is 1.69 bits per heavy atom. The lowest BCUT2D eigenvalue weighted by Gasteiger charge is -2.24. The van der Waals surface area contributed by atoms with E-state index in [0.29, 0.717) is 23.5 Å². The van der Waals surface area contributed by atoms with E-state index >= 15 is 0 Å². The second-order valence-electron chi connectivity index (χ2n) is 10.2. The second kappa shape index (κ2) is 15.1. The van der Waals surface area contributed by atoms with Crippen LogP contribution in [-0.4, -0.2) is 52.9 Å². The number of para-hydroxylation sites is 1. The number of amides is 1. The van der Waals surface area contributed by atoms with Crippen LogP contribution in [0.5, 0.6) is 5.75 Å². The van der Waals surface area contributed by atoms with Crippen molar-refractivity contribution < 1.29 is 9.90 Å². The van der Waals surface area contributed by atoms with Gasteiger partial charge in [0.2, 0.25) is 5.91 Å². The Bertz CT molecular complexity index is 1270. The fraction of sp³-hybridized carbons (Fsp3) is 0.452. The number of nitrogens with one attached hydrogen (secondary N) is 1. The third-order valence-corrected chi connectivity index (χ3v) is 6.87. The van der Waals surface area contributed by atoms with Gasteiger partial charge in [-0.2, -0.15) is 5.10 Å². The van der Waals surface area contributed by atoms with Gasteiger partial charge in [-0.15, -0.1) is 0 Å². The molecular weight excluding hydrogens is 490 g/mol. The minimum Gasteiger partial charge on any atom is -0.507 e. The van der Waals surface area contributed by atoms with Gasteiger partial charge in [-0.25, -0.2) is 4.68 Å². The fourth-order valence-corrected chi connectivity index (χ4v) is 4.75. The predicted molar refractivity (Wildman–Crippen MR) is 159 cm³/mol. The molecule has 39 heavy (non-hydrogen) atoms. The summed E-state index contributed by atoms with van der Waals surface area (Å²) in [6, 6.07) is 16.5. The topological polar surface area (TPSA) is 90.7 Å². The maximum absolute atomic E-state index is 12.4. The predicted octanol–water partition coefficient (Wildman–Crippen LogP) is 5.50. The van der Waals surface area contributed by atoms with E-state index in [2.05, 4.69) is 65.5 Å². The van der Waals surface area contributed by atoms with E-state index in [0.717, 1.165) is 38.9 Å². The summed E-state index contributed by atoms with van der Waals surface area (Å²) in [5, 5.41) is 17.5. The zero-order valence-corrected chi connectivity index (χ0v) is 23.8. The van der Waals surface area contributed by atoms with Crippen LogP contribution >= 0.6 is 0 Å². The van der Waals surface area contributed by atoms with Crippen LogP contribution in [0.15, 0.2) is 59.4 Å². The Morgan fingerprint density at radius 1 is 0.974 bits per heavy atom. The van der Waals surface area contributed by atoms with Gasteiger partial charge in [0.05, 0.1) is 5.69 Å². The Balaban J connectivity index is 1.42. The Kier molecular flexibility index (Phi) is 11.6. The van der Waals surface area contributed by atoms with Crippen LogP contribution in [0.4, 0.5) is 11.4 Å². The molecule has 8 heteroatoms. The molecule has 210 valence electrons. The molecule has 3 aromatic rings. The summed E-state index contributed by atoms with van der Waals surface area (Å²) in [6.45, 7) is 7.30. The summed E-state index contributed by atoms with van der Waals surface area (Å²) in [5.74, 6) is -0.150. The van der Waals surface area contributed by atoms with E-state index < -0.39 is 0 Å². The normalized spacial score (nSPS) is 11.1. The van der Waals surface area contributed by atoms with Gasteiger partial charge in [-0.05, 0) is 61.8 Å². The standard InChI is InChI=1S/C31H43N5O3/c1-5-35(23-25-14-10-11-15-29(25)34(3)4)20-12-8-6-7-9-13-21-36-31(39)19-17-28(33-36)27-22-26(32-24(2)37)16-18-30(27)38/h10-11,14-19,22,38H,5-9,12-13,20-21,23H2,1-4H3,(H,32,37). The summed E-state index contributed by atoms with van der Waals surface area (Å²) in [4.78, 5) is 28.4. The van der Waals surface area contributed by atoms with E-state index in [1.54, 1.807) is 18.2 Å². The summed E-state index contributed by atoms with van der Waals surface area (Å²) in [6.07, 6.45) is 6.60. The number of unbranched alkanes of at least 4 members (excludes halogenated alkanes) is 5. The largest absolute Gasteiger partial charge is 0.507 e. The molecule has 0 fully saturated rings. The van der Waals surface area contributed by atoms with Crippen molar-refractivity contribution in [2.75, 3.05) is 37.4 Å². The van der Waals surface area contributed by atoms with Crippen LogP contribution in [-0.2, 0) is 17.9 Å². The summed E-state index contributed by atoms with van der Waals surface area (Å²) < 4.78 is 1.46. The van der Waals surface area contributed by atoms with Gasteiger partial charge in [0.25, 0.3) is 5.56 Å². The van der Waals surface area contributed by atoms with Gasteiger partial charge in [0.1, 0.15) is 5.75 Å². The van der Waals surface area contributed by atoms with E-state index in [-0.39, 0.29) is 17.2 Å². The molecule has 0 bridgehead atoms. The van der Waals surface area contributed by atoms with E-state index in [4.69, 9.17) is 0 Å². The fourth-order valence-electron chi connectivity index (χ4n) is 4.75. The van der Waals surface area contributed by atoms with Crippen LogP contribution in [0.2, 0.25) is 0 Å². The van der Waals surface area contributed by atoms with E-state index in [1.165, 1.54) is 54.3 Å². The summed E-state index contributed by atoms with van der Waals surface area (Å²) in [7, 11) is 4.19. The minimum absolute atomic E-state index is 0.0466. The maximum atomic E-state index is 12.4. The summed E-state index contributed by atoms with van der Waals surface area (Å²) >= 11 is 0. The molecule has 0 atom stereocenters. The smallest absolute Gasteiger partial charge is 0.266 e. The molecule has 0 aliphatic rings. The molecule has 0 saturated carbocycles. The lowest BCUT2D eigenvalue weighted by molar-refractivity contribution is -0.114. The van der Waals surface area contributed by atoms with Crippen LogP contribution in [0.25, 0.3) is 11.3 Å². The SMILES string of the molecule is CCN(CCCCCCCCn1nc(-c2cc(NC(C)=O)ccc2O)ccc1=O)Cc1ccccc1N(C)C. The number of carbonyl (C=O) groups excluding carboxylic acids is 1. The highest BCUT2D eigenvalue weighted by molar-refractivity contribution is 5.90. The molecule has 1 heterocycles. The molecule has 0 unspecified atom stereocenters. The minimum atomic E-state index is -0.196. The van der Waals surface area contributed by atoms with Crippen LogP contribution < -0.4 is 15.8 Å². The van der Waals surface area contributed by atoms with Crippen LogP contribution in [0.3, 0.4) is 0 Å². The lowest BCUT2D eigenvalue weighted by Crippen LogP contribution is -2.25. The zero-order valence-electron chi connectivity index (χ0n) is 23.8. The molecule has 1 amide bonds. The number of phenols is 1. The van der Waals surface area contributed by atoms with Crippen molar-refractivity contribution in [1.82, 2.24) is 14.7 Å². The van der Waals surface area contributed by atoms with Gasteiger partial charge in [0, 0.05) is 57.1 Å². The number of rotatable bonds is 15. The Labute approximate surface area is 232 Å². The van der Waals surface area contributed by atoms with Crippen molar-refractivity contribution in [3.8, 4) is 17.0 Å².